The van der Waals surface area contributed by atoms with Gasteiger partial charge in [-0.3, -0.25) is 4.79 Å². The van der Waals surface area contributed by atoms with Crippen LogP contribution >= 0.6 is 11.6 Å². The van der Waals surface area contributed by atoms with Crippen molar-refractivity contribution in [2.45, 2.75) is 25.7 Å². The Labute approximate surface area is 113 Å². The molecule has 0 bridgehead atoms. The van der Waals surface area contributed by atoms with Gasteiger partial charge in [-0.15, -0.1) is 0 Å². The molecule has 1 aliphatic heterocycles. The fourth-order valence-corrected chi connectivity index (χ4v) is 2.46. The second-order valence-electron chi connectivity index (χ2n) is 4.55. The summed E-state index contributed by atoms with van der Waals surface area (Å²) in [7, 11) is 1.57. The number of hydrogen-bond donors (Lipinski definition) is 0. The van der Waals surface area contributed by atoms with Crippen LogP contribution in [0.5, 0.6) is 5.75 Å². The van der Waals surface area contributed by atoms with Gasteiger partial charge in [0.05, 0.1) is 12.7 Å². The zero-order valence-electron chi connectivity index (χ0n) is 10.6. The Bertz CT molecular complexity index is 426. The first-order valence-corrected chi connectivity index (χ1v) is 6.73. The molecule has 3 nitrogen and oxygen atoms in total. The van der Waals surface area contributed by atoms with E-state index in [-0.39, 0.29) is 5.91 Å². The van der Waals surface area contributed by atoms with Crippen LogP contribution in [0.4, 0.5) is 0 Å². The normalized spacial score (nSPS) is 16.2. The van der Waals surface area contributed by atoms with Crippen molar-refractivity contribution >= 4 is 17.5 Å². The van der Waals surface area contributed by atoms with E-state index in [4.69, 9.17) is 16.3 Å². The Morgan fingerprint density at radius 3 is 2.50 bits per heavy atom. The summed E-state index contributed by atoms with van der Waals surface area (Å²) in [5, 5.41) is 0.564. The first-order chi connectivity index (χ1) is 8.72. The number of rotatable bonds is 2. The minimum absolute atomic E-state index is 0.0243. The van der Waals surface area contributed by atoms with E-state index in [0.717, 1.165) is 25.9 Å². The number of amides is 1. The van der Waals surface area contributed by atoms with Crippen LogP contribution < -0.4 is 4.74 Å². The molecular formula is C14H18ClNO2. The monoisotopic (exact) mass is 267 g/mol. The zero-order valence-corrected chi connectivity index (χ0v) is 11.4. The molecule has 1 saturated heterocycles. The molecule has 0 aromatic heterocycles. The van der Waals surface area contributed by atoms with E-state index in [9.17, 15) is 4.79 Å². The summed E-state index contributed by atoms with van der Waals surface area (Å²) in [6.45, 7) is 1.66. The van der Waals surface area contributed by atoms with Crippen LogP contribution in [-0.2, 0) is 0 Å². The van der Waals surface area contributed by atoms with E-state index in [1.165, 1.54) is 12.8 Å². The average molecular weight is 268 g/mol. The van der Waals surface area contributed by atoms with Crippen LogP contribution in [0.3, 0.4) is 0 Å². The summed E-state index contributed by atoms with van der Waals surface area (Å²) in [4.78, 5) is 14.4. The van der Waals surface area contributed by atoms with Gasteiger partial charge in [0, 0.05) is 18.1 Å². The number of carbonyl (C=O) groups excluding carboxylic acids is 1. The van der Waals surface area contributed by atoms with Crippen molar-refractivity contribution in [1.82, 2.24) is 4.90 Å². The SMILES string of the molecule is COc1ccc(Cl)cc1C(=O)N1CCCCCC1. The first kappa shape index (κ1) is 13.2. The smallest absolute Gasteiger partial charge is 0.257 e. The molecule has 18 heavy (non-hydrogen) atoms. The van der Waals surface area contributed by atoms with Gasteiger partial charge in [0.2, 0.25) is 0 Å². The largest absolute Gasteiger partial charge is 0.496 e. The molecule has 0 saturated carbocycles. The summed E-state index contributed by atoms with van der Waals surface area (Å²) in [6, 6.07) is 5.17. The van der Waals surface area contributed by atoms with Gasteiger partial charge in [0.25, 0.3) is 5.91 Å². The van der Waals surface area contributed by atoms with Gasteiger partial charge >= 0.3 is 0 Å². The third-order valence-electron chi connectivity index (χ3n) is 3.29. The molecule has 1 aliphatic rings. The molecule has 1 fully saturated rings. The number of methoxy groups -OCH3 is 1. The van der Waals surface area contributed by atoms with Crippen molar-refractivity contribution in [3.63, 3.8) is 0 Å². The van der Waals surface area contributed by atoms with Crippen LogP contribution in [0, 0.1) is 0 Å². The van der Waals surface area contributed by atoms with Crippen LogP contribution in [0.1, 0.15) is 36.0 Å². The van der Waals surface area contributed by atoms with Gasteiger partial charge in [-0.2, -0.15) is 0 Å². The van der Waals surface area contributed by atoms with Crippen molar-refractivity contribution in [2.24, 2.45) is 0 Å². The second-order valence-corrected chi connectivity index (χ2v) is 4.99. The fourth-order valence-electron chi connectivity index (χ4n) is 2.29. The number of nitrogens with zero attached hydrogens (tertiary/aromatic N) is 1. The molecule has 0 spiro atoms. The molecule has 1 heterocycles. The van der Waals surface area contributed by atoms with Crippen molar-refractivity contribution in [3.05, 3.63) is 28.8 Å². The number of halogens is 1. The van der Waals surface area contributed by atoms with E-state index in [1.807, 2.05) is 4.90 Å². The van der Waals surface area contributed by atoms with Gasteiger partial charge in [-0.25, -0.2) is 0 Å². The molecule has 0 radical (unpaired) electrons. The van der Waals surface area contributed by atoms with Crippen LogP contribution in [-0.4, -0.2) is 31.0 Å². The van der Waals surface area contributed by atoms with Gasteiger partial charge < -0.3 is 9.64 Å². The second kappa shape index (κ2) is 6.10. The number of benzene rings is 1. The van der Waals surface area contributed by atoms with Crippen molar-refractivity contribution < 1.29 is 9.53 Å². The number of likely N-dealkylation sites (tertiary alicyclic amines) is 1. The van der Waals surface area contributed by atoms with Gasteiger partial charge in [-0.1, -0.05) is 24.4 Å². The first-order valence-electron chi connectivity index (χ1n) is 6.35. The highest BCUT2D eigenvalue weighted by atomic mass is 35.5. The highest BCUT2D eigenvalue weighted by molar-refractivity contribution is 6.31. The topological polar surface area (TPSA) is 29.5 Å². The molecular weight excluding hydrogens is 250 g/mol. The third kappa shape index (κ3) is 2.96. The molecule has 2 rings (SSSR count). The zero-order chi connectivity index (χ0) is 13.0. The standard InChI is InChI=1S/C14H18ClNO2/c1-18-13-7-6-11(15)10-12(13)14(17)16-8-4-2-3-5-9-16/h6-7,10H,2-5,8-9H2,1H3. The maximum Gasteiger partial charge on any atom is 0.257 e. The molecule has 0 unspecified atom stereocenters. The number of carbonyl (C=O) groups is 1. The highest BCUT2D eigenvalue weighted by Gasteiger charge is 2.20. The lowest BCUT2D eigenvalue weighted by atomic mass is 10.1. The maximum atomic E-state index is 12.5. The quantitative estimate of drug-likeness (QED) is 0.822. The predicted octanol–water partition coefficient (Wildman–Crippen LogP) is 3.36. The molecule has 1 amide bonds. The van der Waals surface area contributed by atoms with Crippen molar-refractivity contribution in [3.8, 4) is 5.75 Å². The minimum atomic E-state index is 0.0243. The Morgan fingerprint density at radius 1 is 1.22 bits per heavy atom. The summed E-state index contributed by atoms with van der Waals surface area (Å²) in [6.07, 6.45) is 4.57. The number of hydrogen-bond acceptors (Lipinski definition) is 2. The summed E-state index contributed by atoms with van der Waals surface area (Å²) in [5.74, 6) is 0.616. The molecule has 1 aromatic rings. The lowest BCUT2D eigenvalue weighted by Gasteiger charge is -2.21. The summed E-state index contributed by atoms with van der Waals surface area (Å²) >= 11 is 5.96. The molecule has 0 aliphatic carbocycles. The van der Waals surface area contributed by atoms with Crippen LogP contribution in [0.15, 0.2) is 18.2 Å². The molecule has 98 valence electrons. The minimum Gasteiger partial charge on any atom is -0.496 e. The van der Waals surface area contributed by atoms with E-state index in [2.05, 4.69) is 0 Å². The predicted molar refractivity (Wildman–Crippen MR) is 72.4 cm³/mol. The van der Waals surface area contributed by atoms with Crippen LogP contribution in [0.2, 0.25) is 5.02 Å². The van der Waals surface area contributed by atoms with Crippen molar-refractivity contribution in [1.29, 1.82) is 0 Å². The number of ether oxygens (including phenoxy) is 1. The Balaban J connectivity index is 2.23. The lowest BCUT2D eigenvalue weighted by Crippen LogP contribution is -2.32. The molecule has 0 atom stereocenters. The Morgan fingerprint density at radius 2 is 1.89 bits per heavy atom. The lowest BCUT2D eigenvalue weighted by molar-refractivity contribution is 0.0758. The van der Waals surface area contributed by atoms with Gasteiger partial charge in [0.1, 0.15) is 5.75 Å². The maximum absolute atomic E-state index is 12.5. The van der Waals surface area contributed by atoms with E-state index in [0.29, 0.717) is 16.3 Å². The van der Waals surface area contributed by atoms with Gasteiger partial charge in [-0.05, 0) is 31.0 Å². The van der Waals surface area contributed by atoms with E-state index >= 15 is 0 Å². The fraction of sp³-hybridized carbons (Fsp3) is 0.500. The van der Waals surface area contributed by atoms with Gasteiger partial charge in [0.15, 0.2) is 0 Å². The van der Waals surface area contributed by atoms with Crippen molar-refractivity contribution in [2.75, 3.05) is 20.2 Å². The highest BCUT2D eigenvalue weighted by Crippen LogP contribution is 2.25. The molecule has 4 heteroatoms. The molecule has 0 N–H and O–H groups in total. The molecule has 1 aromatic carbocycles. The van der Waals surface area contributed by atoms with Crippen LogP contribution in [0.25, 0.3) is 0 Å². The Kier molecular flexibility index (Phi) is 4.48. The van der Waals surface area contributed by atoms with E-state index in [1.54, 1.807) is 25.3 Å². The Hall–Kier alpha value is -1.22. The third-order valence-corrected chi connectivity index (χ3v) is 3.52. The summed E-state index contributed by atoms with van der Waals surface area (Å²) < 4.78 is 5.24. The average Bonchev–Trinajstić information content (AvgIpc) is 2.66. The summed E-state index contributed by atoms with van der Waals surface area (Å²) in [5.41, 5.74) is 0.562. The van der Waals surface area contributed by atoms with E-state index < -0.39 is 0 Å².